The standard InChI is InChI=1S/C33H33.C5H5.C3H4.2ClH.Zr/c1-32(2,3)30-20-26-24(18-28(30)22-13-9-7-10-14-22)17-25-19-29(23-15-11-8-12-16-23)31(21-27(25)26)33(4,5)6;1-2-4-5-3-1;1-2-3-1;;;/h7-16,18,20-21H,17H2,1-6H3;1-3H,4H2;1-2H2;2*1H;/q2*-1;;;;+2/p-2. The molecule has 0 saturated heterocycles. The molecule has 3 aliphatic carbocycles. The van der Waals surface area contributed by atoms with Crippen LogP contribution in [0.25, 0.3) is 33.4 Å². The molecule has 44 heavy (non-hydrogen) atoms. The van der Waals surface area contributed by atoms with Crippen molar-refractivity contribution < 1.29 is 49.0 Å². The van der Waals surface area contributed by atoms with Crippen LogP contribution in [0.5, 0.6) is 0 Å². The minimum absolute atomic E-state index is 0. The fourth-order valence-corrected chi connectivity index (χ4v) is 5.81. The zero-order valence-corrected chi connectivity index (χ0v) is 30.8. The molecule has 4 aromatic rings. The molecule has 3 aliphatic rings. The summed E-state index contributed by atoms with van der Waals surface area (Å²) in [4.78, 5) is 0. The first-order valence-corrected chi connectivity index (χ1v) is 16.4. The second kappa shape index (κ2) is 15.3. The molecular weight excluding hydrogens is 655 g/mol. The molecule has 0 bridgehead atoms. The SMILES string of the molecule is CC(C)(C)c1cc2c([c-]c1-c1ccccc1)Cc1cc(-c3ccccc3)c(C(C)(C)C)cc1-2.[C-]1=CC=CC1.[Cl-].[Cl-].[Zr+2]=[C]1CC1. The third-order valence-electron chi connectivity index (χ3n) is 7.91. The van der Waals surface area contributed by atoms with Crippen molar-refractivity contribution in [2.75, 3.05) is 0 Å². The molecule has 0 amide bonds. The Morgan fingerprint density at radius 3 is 1.66 bits per heavy atom. The minimum atomic E-state index is 0. The predicted octanol–water partition coefficient (Wildman–Crippen LogP) is 4.80. The van der Waals surface area contributed by atoms with Crippen LogP contribution < -0.4 is 24.8 Å². The van der Waals surface area contributed by atoms with E-state index in [0.29, 0.717) is 0 Å². The van der Waals surface area contributed by atoms with Gasteiger partial charge in [0.1, 0.15) is 0 Å². The molecule has 1 saturated carbocycles. The summed E-state index contributed by atoms with van der Waals surface area (Å²) in [5, 5.41) is 0. The third-order valence-corrected chi connectivity index (χ3v) is 9.14. The Morgan fingerprint density at radius 2 is 1.20 bits per heavy atom. The molecular formula is C41H42Cl2Zr-2. The van der Waals surface area contributed by atoms with Gasteiger partial charge in [-0.25, -0.2) is 12.2 Å². The summed E-state index contributed by atoms with van der Waals surface area (Å²) in [7, 11) is 0. The fraction of sp³-hybridized carbons (Fsp3) is 0.293. The Bertz CT molecular complexity index is 1510. The second-order valence-corrected chi connectivity index (χ2v) is 15.3. The van der Waals surface area contributed by atoms with Gasteiger partial charge < -0.3 is 24.8 Å². The molecule has 3 heteroatoms. The van der Waals surface area contributed by atoms with Crippen molar-refractivity contribution in [2.24, 2.45) is 0 Å². The van der Waals surface area contributed by atoms with Gasteiger partial charge in [-0.2, -0.15) is 6.08 Å². The molecule has 0 unspecified atom stereocenters. The van der Waals surface area contributed by atoms with Crippen molar-refractivity contribution in [3.8, 4) is 33.4 Å². The zero-order chi connectivity index (χ0) is 29.9. The summed E-state index contributed by atoms with van der Waals surface area (Å²) in [6, 6.07) is 32.8. The summed E-state index contributed by atoms with van der Waals surface area (Å²) in [5.41, 5.74) is 13.5. The van der Waals surface area contributed by atoms with E-state index in [9.17, 15) is 0 Å². The van der Waals surface area contributed by atoms with Crippen LogP contribution in [0.4, 0.5) is 0 Å². The van der Waals surface area contributed by atoms with Crippen LogP contribution in [-0.2, 0) is 41.5 Å². The molecule has 7 rings (SSSR count). The van der Waals surface area contributed by atoms with Crippen molar-refractivity contribution in [1.82, 2.24) is 0 Å². The maximum absolute atomic E-state index is 3.88. The summed E-state index contributed by atoms with van der Waals surface area (Å²) in [6.45, 7) is 13.9. The van der Waals surface area contributed by atoms with Gasteiger partial charge in [0, 0.05) is 0 Å². The van der Waals surface area contributed by atoms with Crippen molar-refractivity contribution >= 4 is 3.21 Å². The number of halogens is 2. The van der Waals surface area contributed by atoms with Gasteiger partial charge in [-0.3, -0.25) is 6.08 Å². The van der Waals surface area contributed by atoms with Crippen LogP contribution >= 0.6 is 0 Å². The molecule has 0 aromatic heterocycles. The first-order chi connectivity index (χ1) is 20.0. The number of allylic oxidation sites excluding steroid dienone is 4. The Kier molecular flexibility index (Phi) is 12.6. The molecule has 0 nitrogen and oxygen atoms in total. The van der Waals surface area contributed by atoms with E-state index in [1.165, 1.54) is 68.5 Å². The van der Waals surface area contributed by atoms with Crippen LogP contribution in [-0.4, -0.2) is 3.21 Å². The van der Waals surface area contributed by atoms with E-state index in [1.807, 2.05) is 12.2 Å². The predicted molar refractivity (Wildman–Crippen MR) is 178 cm³/mol. The van der Waals surface area contributed by atoms with Crippen LogP contribution in [0.3, 0.4) is 0 Å². The second-order valence-electron chi connectivity index (χ2n) is 13.5. The molecule has 226 valence electrons. The van der Waals surface area contributed by atoms with E-state index in [4.69, 9.17) is 0 Å². The number of rotatable bonds is 2. The van der Waals surface area contributed by atoms with E-state index in [1.54, 1.807) is 27.4 Å². The van der Waals surface area contributed by atoms with Gasteiger partial charge in [0.25, 0.3) is 0 Å². The summed E-state index contributed by atoms with van der Waals surface area (Å²) >= 11 is 1.66. The molecule has 1 fully saturated rings. The van der Waals surface area contributed by atoms with Crippen LogP contribution in [0.1, 0.15) is 83.1 Å². The Balaban J connectivity index is 0.000000413. The van der Waals surface area contributed by atoms with Crippen LogP contribution in [0.15, 0.2) is 97.1 Å². The van der Waals surface area contributed by atoms with Crippen molar-refractivity contribution in [3.63, 3.8) is 0 Å². The third kappa shape index (κ3) is 8.90. The number of hydrogen-bond donors (Lipinski definition) is 0. The quantitative estimate of drug-likeness (QED) is 0.233. The number of benzene rings is 4. The molecule has 0 aliphatic heterocycles. The molecule has 0 atom stereocenters. The van der Waals surface area contributed by atoms with Gasteiger partial charge >= 0.3 is 40.3 Å². The van der Waals surface area contributed by atoms with Gasteiger partial charge in [-0.1, -0.05) is 131 Å². The average Bonchev–Trinajstić information content (AvgIpc) is 3.39. The van der Waals surface area contributed by atoms with Gasteiger partial charge in [-0.15, -0.1) is 35.2 Å². The normalized spacial score (nSPS) is 13.8. The zero-order valence-electron chi connectivity index (χ0n) is 26.8. The van der Waals surface area contributed by atoms with Gasteiger partial charge in [0.2, 0.25) is 0 Å². The van der Waals surface area contributed by atoms with Crippen LogP contribution in [0.2, 0.25) is 0 Å². The summed E-state index contributed by atoms with van der Waals surface area (Å²) in [5.74, 6) is 0. The Hall–Kier alpha value is -2.31. The molecule has 0 heterocycles. The molecule has 0 radical (unpaired) electrons. The van der Waals surface area contributed by atoms with E-state index in [-0.39, 0.29) is 35.6 Å². The summed E-state index contributed by atoms with van der Waals surface area (Å²) in [6.07, 6.45) is 13.8. The first-order valence-electron chi connectivity index (χ1n) is 15.2. The van der Waals surface area contributed by atoms with Gasteiger partial charge in [0.15, 0.2) is 0 Å². The van der Waals surface area contributed by atoms with Crippen LogP contribution in [0, 0.1) is 12.1 Å². The molecule has 0 spiro atoms. The van der Waals surface area contributed by atoms with Gasteiger partial charge in [-0.05, 0) is 39.5 Å². The van der Waals surface area contributed by atoms with E-state index in [0.717, 1.165) is 12.8 Å². The molecule has 4 aromatic carbocycles. The number of hydrogen-bond acceptors (Lipinski definition) is 0. The van der Waals surface area contributed by atoms with Crippen molar-refractivity contribution in [3.05, 3.63) is 131 Å². The van der Waals surface area contributed by atoms with Gasteiger partial charge in [0.05, 0.1) is 0 Å². The maximum atomic E-state index is 3.88. The van der Waals surface area contributed by atoms with E-state index < -0.39 is 0 Å². The first kappa shape index (κ1) is 36.2. The Labute approximate surface area is 293 Å². The van der Waals surface area contributed by atoms with E-state index in [2.05, 4.69) is 139 Å². The topological polar surface area (TPSA) is 0 Å². The Morgan fingerprint density at radius 1 is 0.659 bits per heavy atom. The average molecular weight is 697 g/mol. The monoisotopic (exact) mass is 694 g/mol. The van der Waals surface area contributed by atoms with Crippen molar-refractivity contribution in [2.45, 2.75) is 78.1 Å². The summed E-state index contributed by atoms with van der Waals surface area (Å²) < 4.78 is 1.76. The number of fused-ring (bicyclic) bond motifs is 3. The molecule has 0 N–H and O–H groups in total. The fourth-order valence-electron chi connectivity index (χ4n) is 5.50. The van der Waals surface area contributed by atoms with Crippen molar-refractivity contribution in [1.29, 1.82) is 0 Å². The van der Waals surface area contributed by atoms with E-state index >= 15 is 0 Å².